The van der Waals surface area contributed by atoms with Crippen molar-refractivity contribution in [1.29, 1.82) is 0 Å². The fraction of sp³-hybridized carbons (Fsp3) is 0.143. The molecule has 0 bridgehead atoms. The molecule has 0 saturated carbocycles. The van der Waals surface area contributed by atoms with Crippen molar-refractivity contribution in [3.63, 3.8) is 0 Å². The third-order valence-corrected chi connectivity index (χ3v) is 20.7. The quantitative estimate of drug-likeness (QED) is 0.0892. The Morgan fingerprint density at radius 3 is 0.889 bits per heavy atom. The molecule has 2 heterocycles. The van der Waals surface area contributed by atoms with Crippen LogP contribution in [-0.4, -0.2) is 6.71 Å². The van der Waals surface area contributed by atoms with Gasteiger partial charge >= 0.3 is 616 Å². The van der Waals surface area contributed by atoms with Crippen molar-refractivity contribution in [1.82, 2.24) is 0 Å². The molecule has 0 radical (unpaired) electrons. The van der Waals surface area contributed by atoms with Crippen molar-refractivity contribution in [3.8, 4) is 0 Å². The summed E-state index contributed by atoms with van der Waals surface area (Å²) in [7, 11) is 0. The first kappa shape index (κ1) is 36.0. The predicted octanol–water partition coefficient (Wildman–Crippen LogP) is 25.5. The average Bonchev–Trinajstić information content (AvgIpc) is 0.670. The van der Waals surface area contributed by atoms with Gasteiger partial charge in [-0.05, 0) is 26.2 Å². The summed E-state index contributed by atoms with van der Waals surface area (Å²) in [4.78, 5) is 4.82. The van der Waals surface area contributed by atoms with Crippen molar-refractivity contribution in [2.75, 3.05) is 29.4 Å². The van der Waals surface area contributed by atoms with Crippen molar-refractivity contribution >= 4 is 144 Å². The summed E-state index contributed by atoms with van der Waals surface area (Å²) in [6, 6.07) is -35.7. The average molecular weight is 1870 g/mol. The molecule has 108 heavy (non-hydrogen) atoms. The van der Waals surface area contributed by atoms with Gasteiger partial charge in [-0.25, -0.2) is 0 Å². The number of hydrogen-bond acceptors (Lipinski definition) is 6. The molecule has 542 valence electrons. The second-order valence-electron chi connectivity index (χ2n) is 25.2. The third-order valence-electron chi connectivity index (χ3n) is 15.5. The molecule has 0 amide bonds. The zero-order chi connectivity index (χ0) is 118. The second kappa shape index (κ2) is 33.6. The maximum atomic E-state index is 9.80. The summed E-state index contributed by atoms with van der Waals surface area (Å²) in [5.74, 6) is 0. The van der Waals surface area contributed by atoms with Gasteiger partial charge in [0.25, 0.3) is 0 Å². The molecule has 0 saturated heterocycles. The van der Waals surface area contributed by atoms with Crippen LogP contribution in [0, 0.1) is 93.4 Å². The number of fused-ring (bicyclic) bond motifs is 4. The summed E-state index contributed by atoms with van der Waals surface area (Å²) in [5, 5.41) is -0.837. The molecular formula is C98H96At2BClN6. The van der Waals surface area contributed by atoms with E-state index in [0.717, 1.165) is 26.8 Å². The molecule has 0 spiro atoms. The van der Waals surface area contributed by atoms with E-state index in [1.54, 1.807) is 9.26 Å². The molecule has 0 unspecified atom stereocenters. The molecule has 14 aromatic rings. The van der Waals surface area contributed by atoms with Gasteiger partial charge in [0.1, 0.15) is 0 Å². The van der Waals surface area contributed by atoms with Crippen LogP contribution in [0.15, 0.2) is 326 Å². The summed E-state index contributed by atoms with van der Waals surface area (Å²) in [6.07, 6.45) is 0. The smallest absolute Gasteiger partial charge is 0.0623 e. The van der Waals surface area contributed by atoms with E-state index in [2.05, 4.69) is 27.7 Å². The summed E-state index contributed by atoms with van der Waals surface area (Å²) >= 11 is 4.08. The number of benzene rings is 14. The fourth-order valence-corrected chi connectivity index (χ4v) is 13.8. The standard InChI is InChI=1S/C46H39AtBN3.C46H41AtClN3.C5H12.CH4/c1-31-15-21-37(22-16-31)50-42-25-17-32(2)27-40(42)48-41-28-33(3)18-26-43(41)51(38-23-19-34(47-4)20-24-38)45-30-39(29-44(50)46(45)48)49(35-11-7-5-8-12-35)36-13-9-6-10-14-36;1-33-15-23-39(24-16-33)50(40-25-17-34(2)18-26-40)44-31-43(49(37-11-7-5-8-12-37)38-13-9-6-10-14-38)32-45(46(44)48)51(41-27-19-35(3)20-28-41)42-29-21-36(47-4)22-30-42;1-5(2,3)4;/h5-30,47H,1-4H3;5-32,47H,1-4H3;1-4H3;1H4/i5D,6D,7D,8D,9D,10D,11D,12D,13D,14D,15D,16D,17D,18D,19D,20D,21D,22D,23D,24D,25D,26D,27D,28D;5D,6D,7D,8D,9D,10D,11D,12D,13D,14D,15D,16D,17D,18D,19D,20D,21D,22D,23D,24D,25D,26D,27D,28D,29D,30D;;. The van der Waals surface area contributed by atoms with Crippen LogP contribution < -0.4 is 52.3 Å². The Labute approximate surface area is 741 Å². The molecule has 6 nitrogen and oxygen atoms in total. The van der Waals surface area contributed by atoms with Gasteiger partial charge in [-0.15, -0.1) is 0 Å². The van der Waals surface area contributed by atoms with E-state index in [-0.39, 0.29) is 75.1 Å². The zero-order valence-electron chi connectivity index (χ0n) is 109. The minimum atomic E-state index is -1.83. The van der Waals surface area contributed by atoms with Crippen LogP contribution >= 0.6 is 11.6 Å². The first-order chi connectivity index (χ1) is 72.7. The van der Waals surface area contributed by atoms with Crippen LogP contribution in [0.1, 0.15) is 137 Å². The number of halogens is 1. The van der Waals surface area contributed by atoms with Gasteiger partial charge in [0.2, 0.25) is 0 Å². The van der Waals surface area contributed by atoms with Gasteiger partial charge in [0.15, 0.2) is 0 Å². The van der Waals surface area contributed by atoms with Crippen LogP contribution in [0.2, 0.25) is 14.3 Å². The number of anilines is 18. The number of hydrogen-bond donors (Lipinski definition) is 0. The van der Waals surface area contributed by atoms with E-state index in [1.165, 1.54) is 53.7 Å². The van der Waals surface area contributed by atoms with Gasteiger partial charge in [-0.1, -0.05) is 76.0 Å². The Morgan fingerprint density at radius 1 is 0.315 bits per heavy atom. The summed E-state index contributed by atoms with van der Waals surface area (Å²) in [5.41, 5.74) is -12.9. The second-order valence-corrected chi connectivity index (χ2v) is 31.9. The molecule has 0 atom stereocenters. The monoisotopic (exact) mass is 1870 g/mol. The van der Waals surface area contributed by atoms with E-state index >= 15 is 0 Å². The van der Waals surface area contributed by atoms with Crippen LogP contribution in [0.3, 0.4) is 0 Å². The molecule has 10 heteroatoms. The van der Waals surface area contributed by atoms with Crippen molar-refractivity contribution in [2.24, 2.45) is 5.41 Å². The van der Waals surface area contributed by atoms with Gasteiger partial charge in [0, 0.05) is 0 Å². The molecule has 16 rings (SSSR count). The van der Waals surface area contributed by atoms with E-state index in [4.69, 9.17) is 41.8 Å². The summed E-state index contributed by atoms with van der Waals surface area (Å²) < 4.78 is 461. The molecule has 0 aromatic heterocycles. The topological polar surface area (TPSA) is 19.4 Å². The molecule has 2 aliphatic rings. The first-order valence-corrected chi connectivity index (χ1v) is 42.5. The van der Waals surface area contributed by atoms with Crippen LogP contribution in [0.4, 0.5) is 102 Å². The molecule has 2 aliphatic heterocycles. The van der Waals surface area contributed by atoms with Crippen molar-refractivity contribution < 1.29 is 115 Å². The van der Waals surface area contributed by atoms with Crippen LogP contribution in [0.25, 0.3) is 0 Å². The normalized spacial score (nSPS) is 18.2. The van der Waals surface area contributed by atoms with E-state index < -0.39 is 451 Å². The molecule has 0 aliphatic carbocycles. The van der Waals surface area contributed by atoms with Crippen molar-refractivity contribution in [2.45, 2.75) is 85.9 Å². The molecule has 14 aromatic carbocycles. The van der Waals surface area contributed by atoms with E-state index in [9.17, 15) is 38.4 Å². The fourth-order valence-electron chi connectivity index (χ4n) is 11.2. The van der Waals surface area contributed by atoms with Gasteiger partial charge in [-0.2, -0.15) is 0 Å². The molecule has 0 fully saturated rings. The number of nitrogens with zero attached hydrogens (tertiary/aromatic N) is 6. The number of para-hydroxylation sites is 4. The van der Waals surface area contributed by atoms with E-state index in [0.29, 0.717) is 20.1 Å². The Morgan fingerprint density at radius 2 is 0.574 bits per heavy atom. The minimum Gasteiger partial charge on any atom is 0.0623 e. The molecule has 0 N–H and O–H groups in total. The first-order valence-electron chi connectivity index (χ1n) is 57.6. The Balaban J connectivity index is 0.000000249. The van der Waals surface area contributed by atoms with Crippen LogP contribution in [-0.2, 0) is 0 Å². The van der Waals surface area contributed by atoms with Gasteiger partial charge < -0.3 is 0 Å². The predicted molar refractivity (Wildman–Crippen MR) is 465 cm³/mol. The summed E-state index contributed by atoms with van der Waals surface area (Å²) in [6.45, 7) is 15.1. The van der Waals surface area contributed by atoms with Crippen LogP contribution in [0.5, 0.6) is 0 Å². The molecular weight excluding hydrogens is 1730 g/mol. The van der Waals surface area contributed by atoms with Gasteiger partial charge in [-0.3, -0.25) is 0 Å². The SMILES string of the molecule is C.CC(C)(C)C.[2H]c1c([2H])c([2H])c(N(c2cc(N(c3c([2H])c([2H])c(C)c([2H])c3[2H])c3c([2H])c([2H])c(C)c([2H])c3[2H])c(Cl)c(N(c3c([2H])c([2H])c(C)c([2H])c3[2H])c3c([2H])c([2H])c([AtH]C)c([2H])c3[2H])c2)c2c([2H])c([2H])c([2H])c([2H])c2[2H])c([2H])c1[2H].[2H]c1c([2H])c([2H])c(N(c2cc3c4c(c2)N(c2c([2H])c([2H])c([AtH]C)c([2H])c2[2H])c2c([2H])c([2H])c(C)c([2H])c2B4c2c([2H])c(C)c([2H])c([2H])c2N3c2c([2H])c([2H])c(C)c([2H])c2[2H])c2c([2H])c([2H])c([2H])c([2H])c2[2H])c([2H])c1[2H]. The van der Waals surface area contributed by atoms with Gasteiger partial charge in [0.05, 0.1) is 26.0 Å². The Hall–Kier alpha value is -10.00. The Kier molecular flexibility index (Phi) is 11.2. The van der Waals surface area contributed by atoms with Crippen molar-refractivity contribution in [3.05, 3.63) is 365 Å². The Bertz CT molecular complexity index is 8120. The zero-order valence-corrected chi connectivity index (χ0v) is 66.4. The van der Waals surface area contributed by atoms with E-state index in [1.807, 2.05) is 0 Å². The third kappa shape index (κ3) is 16.7. The minimum absolute atomic E-state index is 0. The maximum absolute atomic E-state index is 9.80. The number of rotatable bonds is 16.